The van der Waals surface area contributed by atoms with Crippen molar-refractivity contribution in [3.63, 3.8) is 0 Å². The molecule has 0 unspecified atom stereocenters. The first kappa shape index (κ1) is 13.5. The summed E-state index contributed by atoms with van der Waals surface area (Å²) in [6.07, 6.45) is 2.34. The van der Waals surface area contributed by atoms with E-state index in [2.05, 4.69) is 32.7 Å². The third kappa shape index (κ3) is 6.96. The Hall–Kier alpha value is -0.500. The first-order valence-corrected chi connectivity index (χ1v) is 5.53. The molecule has 2 nitrogen and oxygen atoms in total. The highest BCUT2D eigenvalue weighted by Crippen LogP contribution is 2.04. The average Bonchev–Trinajstić information content (AvgIpc) is 2.12. The number of hydrogen-bond acceptors (Lipinski definition) is 2. The molecule has 0 aromatic heterocycles. The summed E-state index contributed by atoms with van der Waals surface area (Å²) in [4.78, 5) is 2.35. The van der Waals surface area contributed by atoms with E-state index in [1.54, 1.807) is 0 Å². The smallest absolute Gasteiger partial charge is 0.0915 e. The first-order valence-electron chi connectivity index (χ1n) is 5.53. The van der Waals surface area contributed by atoms with Crippen molar-refractivity contribution in [1.82, 2.24) is 4.90 Å². The normalized spacial score (nSPS) is 10.4. The van der Waals surface area contributed by atoms with Crippen molar-refractivity contribution in [3.05, 3.63) is 11.3 Å². The molecule has 0 rings (SSSR count). The van der Waals surface area contributed by atoms with Gasteiger partial charge < -0.3 is 9.64 Å². The maximum absolute atomic E-state index is 5.58. The Balaban J connectivity index is 3.42. The molecule has 0 saturated heterocycles. The second-order valence-corrected chi connectivity index (χ2v) is 4.06. The van der Waals surface area contributed by atoms with Gasteiger partial charge in [-0.05, 0) is 52.8 Å². The van der Waals surface area contributed by atoms with Crippen molar-refractivity contribution in [2.45, 2.75) is 40.5 Å². The van der Waals surface area contributed by atoms with Gasteiger partial charge >= 0.3 is 0 Å². The van der Waals surface area contributed by atoms with Crippen molar-refractivity contribution in [2.75, 3.05) is 26.7 Å². The summed E-state index contributed by atoms with van der Waals surface area (Å²) in [6, 6.07) is 0. The molecule has 0 spiro atoms. The van der Waals surface area contributed by atoms with Gasteiger partial charge in [-0.3, -0.25) is 0 Å². The second-order valence-electron chi connectivity index (χ2n) is 4.06. The lowest BCUT2D eigenvalue weighted by molar-refractivity contribution is 0.190. The standard InChI is InChI=1S/C12H25NO/c1-6-8-13(5)9-7-10-14-12(4)11(2)3/h6-10H2,1-5H3. The van der Waals surface area contributed by atoms with Crippen molar-refractivity contribution < 1.29 is 4.74 Å². The van der Waals surface area contributed by atoms with Crippen LogP contribution in [0, 0.1) is 0 Å². The zero-order chi connectivity index (χ0) is 11.0. The molecule has 0 bridgehead atoms. The van der Waals surface area contributed by atoms with E-state index in [0.29, 0.717) is 0 Å². The van der Waals surface area contributed by atoms with Gasteiger partial charge in [0.15, 0.2) is 0 Å². The molecule has 0 atom stereocenters. The number of nitrogens with zero attached hydrogens (tertiary/aromatic N) is 1. The summed E-state index contributed by atoms with van der Waals surface area (Å²) >= 11 is 0. The first-order chi connectivity index (χ1) is 6.57. The predicted molar refractivity (Wildman–Crippen MR) is 62.4 cm³/mol. The van der Waals surface area contributed by atoms with Crippen molar-refractivity contribution >= 4 is 0 Å². The van der Waals surface area contributed by atoms with Crippen LogP contribution >= 0.6 is 0 Å². The van der Waals surface area contributed by atoms with Crippen LogP contribution < -0.4 is 0 Å². The van der Waals surface area contributed by atoms with E-state index in [1.807, 2.05) is 6.92 Å². The molecule has 0 heterocycles. The van der Waals surface area contributed by atoms with Crippen LogP contribution in [0.5, 0.6) is 0 Å². The number of ether oxygens (including phenoxy) is 1. The Bertz CT molecular complexity index is 171. The maximum atomic E-state index is 5.58. The lowest BCUT2D eigenvalue weighted by atomic mass is 10.3. The summed E-state index contributed by atoms with van der Waals surface area (Å²) in [5, 5.41) is 0. The van der Waals surface area contributed by atoms with Crippen molar-refractivity contribution in [1.29, 1.82) is 0 Å². The summed E-state index contributed by atoms with van der Waals surface area (Å²) in [5.74, 6) is 1.07. The molecule has 0 amide bonds. The predicted octanol–water partition coefficient (Wildman–Crippen LogP) is 3.05. The Kier molecular flexibility index (Phi) is 7.58. The van der Waals surface area contributed by atoms with E-state index in [9.17, 15) is 0 Å². The van der Waals surface area contributed by atoms with E-state index in [4.69, 9.17) is 4.74 Å². The molecule has 0 aromatic rings. The summed E-state index contributed by atoms with van der Waals surface area (Å²) < 4.78 is 5.58. The van der Waals surface area contributed by atoms with Crippen LogP contribution in [0.15, 0.2) is 11.3 Å². The van der Waals surface area contributed by atoms with Gasteiger partial charge in [0.2, 0.25) is 0 Å². The fourth-order valence-electron chi connectivity index (χ4n) is 1.20. The summed E-state index contributed by atoms with van der Waals surface area (Å²) in [6.45, 7) is 11.6. The zero-order valence-electron chi connectivity index (χ0n) is 10.4. The Labute approximate surface area is 88.9 Å². The van der Waals surface area contributed by atoms with Crippen LogP contribution in [0.1, 0.15) is 40.5 Å². The molecule has 0 aliphatic rings. The summed E-state index contributed by atoms with van der Waals surface area (Å²) in [7, 11) is 2.16. The molecule has 0 aromatic carbocycles. The third-order valence-corrected chi connectivity index (χ3v) is 2.31. The lowest BCUT2D eigenvalue weighted by Gasteiger charge is -2.15. The fourth-order valence-corrected chi connectivity index (χ4v) is 1.20. The van der Waals surface area contributed by atoms with Crippen LogP contribution in [0.3, 0.4) is 0 Å². The van der Waals surface area contributed by atoms with Gasteiger partial charge in [0.05, 0.1) is 12.4 Å². The SMILES string of the molecule is CCCN(C)CCCOC(C)=C(C)C. The lowest BCUT2D eigenvalue weighted by Crippen LogP contribution is -2.21. The minimum atomic E-state index is 0.838. The number of hydrogen-bond donors (Lipinski definition) is 0. The van der Waals surface area contributed by atoms with Gasteiger partial charge in [-0.2, -0.15) is 0 Å². The Morgan fingerprint density at radius 2 is 1.79 bits per heavy atom. The van der Waals surface area contributed by atoms with Crippen LogP contribution in [0.2, 0.25) is 0 Å². The highest BCUT2D eigenvalue weighted by Gasteiger charge is 1.97. The van der Waals surface area contributed by atoms with E-state index < -0.39 is 0 Å². The minimum Gasteiger partial charge on any atom is -0.498 e. The highest BCUT2D eigenvalue weighted by atomic mass is 16.5. The fraction of sp³-hybridized carbons (Fsp3) is 0.833. The van der Waals surface area contributed by atoms with Crippen molar-refractivity contribution in [3.8, 4) is 0 Å². The van der Waals surface area contributed by atoms with Crippen LogP contribution in [0.25, 0.3) is 0 Å². The van der Waals surface area contributed by atoms with E-state index in [1.165, 1.54) is 18.5 Å². The summed E-state index contributed by atoms with van der Waals surface area (Å²) in [5.41, 5.74) is 1.27. The van der Waals surface area contributed by atoms with Gasteiger partial charge in [0.1, 0.15) is 0 Å². The molecule has 84 valence electrons. The Morgan fingerprint density at radius 1 is 1.14 bits per heavy atom. The molecule has 0 aliphatic carbocycles. The molecule has 0 radical (unpaired) electrons. The topological polar surface area (TPSA) is 12.5 Å². The monoisotopic (exact) mass is 199 g/mol. The maximum Gasteiger partial charge on any atom is 0.0915 e. The molecular formula is C12H25NO. The molecule has 0 fully saturated rings. The quantitative estimate of drug-likeness (QED) is 0.461. The van der Waals surface area contributed by atoms with Gasteiger partial charge in [-0.25, -0.2) is 0 Å². The molecular weight excluding hydrogens is 174 g/mol. The molecule has 0 N–H and O–H groups in total. The van der Waals surface area contributed by atoms with Crippen LogP contribution in [-0.2, 0) is 4.74 Å². The van der Waals surface area contributed by atoms with Gasteiger partial charge in [-0.1, -0.05) is 6.92 Å². The van der Waals surface area contributed by atoms with Crippen LogP contribution in [0.4, 0.5) is 0 Å². The number of rotatable bonds is 7. The molecule has 2 heteroatoms. The Morgan fingerprint density at radius 3 is 2.29 bits per heavy atom. The largest absolute Gasteiger partial charge is 0.498 e. The minimum absolute atomic E-state index is 0.838. The zero-order valence-corrected chi connectivity index (χ0v) is 10.4. The second kappa shape index (κ2) is 7.86. The van der Waals surface area contributed by atoms with Gasteiger partial charge in [0.25, 0.3) is 0 Å². The molecule has 0 aliphatic heterocycles. The molecule has 0 saturated carbocycles. The molecule has 14 heavy (non-hydrogen) atoms. The average molecular weight is 199 g/mol. The highest BCUT2D eigenvalue weighted by molar-refractivity contribution is 4.98. The van der Waals surface area contributed by atoms with Crippen LogP contribution in [-0.4, -0.2) is 31.6 Å². The van der Waals surface area contributed by atoms with E-state index in [-0.39, 0.29) is 0 Å². The third-order valence-electron chi connectivity index (χ3n) is 2.31. The van der Waals surface area contributed by atoms with Gasteiger partial charge in [0, 0.05) is 6.54 Å². The number of allylic oxidation sites excluding steroid dienone is 2. The van der Waals surface area contributed by atoms with Crippen molar-refractivity contribution in [2.24, 2.45) is 0 Å². The van der Waals surface area contributed by atoms with Gasteiger partial charge in [-0.15, -0.1) is 0 Å². The van der Waals surface area contributed by atoms with E-state index in [0.717, 1.165) is 25.3 Å². The van der Waals surface area contributed by atoms with E-state index >= 15 is 0 Å².